The molecule has 2 heterocycles. The molecule has 4 nitrogen and oxygen atoms in total. The first-order valence-electron chi connectivity index (χ1n) is 11.7. The zero-order valence-corrected chi connectivity index (χ0v) is 21.3. The molecule has 0 bridgehead atoms. The third kappa shape index (κ3) is 4.45. The molecule has 0 saturated carbocycles. The lowest BCUT2D eigenvalue weighted by Crippen LogP contribution is -2.53. The summed E-state index contributed by atoms with van der Waals surface area (Å²) in [5.41, 5.74) is 7.04. The van der Waals surface area contributed by atoms with E-state index in [4.69, 9.17) is 4.98 Å². The Morgan fingerprint density at radius 2 is 1.59 bits per heavy atom. The van der Waals surface area contributed by atoms with Crippen LogP contribution in [0.5, 0.6) is 0 Å². The Morgan fingerprint density at radius 3 is 2.26 bits per heavy atom. The van der Waals surface area contributed by atoms with Crippen LogP contribution in [0.4, 0.5) is 5.69 Å². The molecule has 1 unspecified atom stereocenters. The molecule has 0 spiro atoms. The number of hydrogen-bond acceptors (Lipinski definition) is 3. The van der Waals surface area contributed by atoms with Gasteiger partial charge >= 0.3 is 0 Å². The number of hydrogen-bond donors (Lipinski definition) is 0. The molecule has 1 amide bonds. The van der Waals surface area contributed by atoms with Gasteiger partial charge in [-0.05, 0) is 57.2 Å². The Kier molecular flexibility index (Phi) is 6.13. The molecule has 1 saturated heterocycles. The first-order chi connectivity index (χ1) is 16.4. The van der Waals surface area contributed by atoms with Gasteiger partial charge < -0.3 is 9.80 Å². The zero-order chi connectivity index (χ0) is 23.8. The van der Waals surface area contributed by atoms with Gasteiger partial charge in [0.1, 0.15) is 0 Å². The van der Waals surface area contributed by atoms with Gasteiger partial charge in [0.25, 0.3) is 5.91 Å². The van der Waals surface area contributed by atoms with Crippen LogP contribution in [-0.4, -0.2) is 41.5 Å². The van der Waals surface area contributed by atoms with E-state index in [9.17, 15) is 4.79 Å². The topological polar surface area (TPSA) is 36.4 Å². The van der Waals surface area contributed by atoms with E-state index in [0.29, 0.717) is 18.7 Å². The second-order valence-corrected chi connectivity index (χ2v) is 10.1. The molecule has 0 N–H and O–H groups in total. The first kappa shape index (κ1) is 22.6. The Bertz CT molecular complexity index is 1350. The van der Waals surface area contributed by atoms with Crippen LogP contribution in [0.25, 0.3) is 22.2 Å². The predicted octanol–water partition coefficient (Wildman–Crippen LogP) is 6.63. The van der Waals surface area contributed by atoms with Crippen molar-refractivity contribution in [3.63, 3.8) is 0 Å². The molecule has 5 heteroatoms. The maximum absolute atomic E-state index is 13.9. The van der Waals surface area contributed by atoms with Gasteiger partial charge in [-0.25, -0.2) is 4.98 Å². The molecule has 1 aromatic heterocycles. The van der Waals surface area contributed by atoms with Crippen LogP contribution in [0.15, 0.2) is 77.3 Å². The number of aromatic nitrogens is 1. The Hall–Kier alpha value is -3.18. The quantitative estimate of drug-likeness (QED) is 0.308. The van der Waals surface area contributed by atoms with Crippen molar-refractivity contribution < 1.29 is 4.79 Å². The fraction of sp³-hybridized carbons (Fsp3) is 0.241. The average Bonchev–Trinajstić information content (AvgIpc) is 2.84. The van der Waals surface area contributed by atoms with E-state index >= 15 is 0 Å². The molecule has 1 aliphatic rings. The van der Waals surface area contributed by atoms with Crippen LogP contribution in [0.1, 0.15) is 28.4 Å². The van der Waals surface area contributed by atoms with Crippen molar-refractivity contribution in [3.8, 4) is 11.3 Å². The number of fused-ring (bicyclic) bond motifs is 1. The summed E-state index contributed by atoms with van der Waals surface area (Å²) < 4.78 is 0.941. The van der Waals surface area contributed by atoms with E-state index in [0.717, 1.165) is 33.2 Å². The molecule has 5 rings (SSSR count). The number of piperazine rings is 1. The number of rotatable bonds is 3. The minimum atomic E-state index is 0.0641. The highest BCUT2D eigenvalue weighted by atomic mass is 79.9. The second-order valence-electron chi connectivity index (χ2n) is 9.21. The third-order valence-corrected chi connectivity index (χ3v) is 7.12. The molecular formula is C29H28BrN3O. The molecule has 172 valence electrons. The molecule has 0 aliphatic carbocycles. The molecular weight excluding hydrogens is 486 g/mol. The van der Waals surface area contributed by atoms with Crippen molar-refractivity contribution in [2.24, 2.45) is 0 Å². The lowest BCUT2D eigenvalue weighted by atomic mass is 10.0. The summed E-state index contributed by atoms with van der Waals surface area (Å²) in [6.07, 6.45) is 0. The lowest BCUT2D eigenvalue weighted by molar-refractivity contribution is 0.0728. The van der Waals surface area contributed by atoms with E-state index in [1.165, 1.54) is 16.8 Å². The number of anilines is 1. The molecule has 1 aliphatic heterocycles. The van der Waals surface area contributed by atoms with E-state index < -0.39 is 0 Å². The molecule has 1 fully saturated rings. The summed E-state index contributed by atoms with van der Waals surface area (Å²) in [6.45, 7) is 8.55. The van der Waals surface area contributed by atoms with Crippen LogP contribution in [0.2, 0.25) is 0 Å². The van der Waals surface area contributed by atoms with Gasteiger partial charge in [0.2, 0.25) is 0 Å². The number of benzene rings is 3. The van der Waals surface area contributed by atoms with E-state index in [1.807, 2.05) is 29.2 Å². The number of halogens is 1. The number of amides is 1. The van der Waals surface area contributed by atoms with Gasteiger partial charge in [-0.3, -0.25) is 4.79 Å². The van der Waals surface area contributed by atoms with Gasteiger partial charge in [-0.2, -0.15) is 0 Å². The van der Waals surface area contributed by atoms with Crippen molar-refractivity contribution in [3.05, 3.63) is 94.0 Å². The van der Waals surface area contributed by atoms with Crippen LogP contribution in [0.3, 0.4) is 0 Å². The predicted molar refractivity (Wildman–Crippen MR) is 144 cm³/mol. The molecule has 1 atom stereocenters. The van der Waals surface area contributed by atoms with Crippen molar-refractivity contribution in [2.75, 3.05) is 24.5 Å². The summed E-state index contributed by atoms with van der Waals surface area (Å²) in [5, 5.41) is 0.879. The van der Waals surface area contributed by atoms with Crippen molar-refractivity contribution in [1.82, 2.24) is 9.88 Å². The summed E-state index contributed by atoms with van der Waals surface area (Å²) in [5.74, 6) is 0.0641. The summed E-state index contributed by atoms with van der Waals surface area (Å²) in [4.78, 5) is 23.1. The number of aryl methyl sites for hydroxylation is 2. The molecule has 4 aromatic rings. The van der Waals surface area contributed by atoms with E-state index in [-0.39, 0.29) is 11.9 Å². The molecule has 0 radical (unpaired) electrons. The Morgan fingerprint density at radius 1 is 0.912 bits per heavy atom. The van der Waals surface area contributed by atoms with Crippen LogP contribution in [-0.2, 0) is 0 Å². The van der Waals surface area contributed by atoms with Gasteiger partial charge in [-0.1, -0.05) is 63.5 Å². The smallest absolute Gasteiger partial charge is 0.254 e. The van der Waals surface area contributed by atoms with Gasteiger partial charge in [0.05, 0.1) is 16.8 Å². The molecule has 3 aromatic carbocycles. The van der Waals surface area contributed by atoms with Crippen LogP contribution < -0.4 is 4.90 Å². The number of pyridine rings is 1. The first-order valence-corrected chi connectivity index (χ1v) is 12.5. The highest BCUT2D eigenvalue weighted by molar-refractivity contribution is 9.10. The monoisotopic (exact) mass is 513 g/mol. The lowest BCUT2D eigenvalue weighted by Gasteiger charge is -2.41. The number of carbonyl (C=O) groups excluding carboxylic acids is 1. The highest BCUT2D eigenvalue weighted by Crippen LogP contribution is 2.29. The normalized spacial score (nSPS) is 16.2. The van der Waals surface area contributed by atoms with Crippen LogP contribution >= 0.6 is 15.9 Å². The Labute approximate surface area is 209 Å². The second kappa shape index (κ2) is 9.22. The zero-order valence-electron chi connectivity index (χ0n) is 19.8. The standard InChI is InChI=1S/C29H28BrN3O/c1-19-4-8-22(9-5-19)28-17-26(25-16-23(30)10-13-27(25)31-28)29(34)32-14-15-33(21(3)18-32)24-11-6-20(2)7-12-24/h4-13,16-17,21H,14-15,18H2,1-3H3. The summed E-state index contributed by atoms with van der Waals surface area (Å²) >= 11 is 3.57. The minimum Gasteiger partial charge on any atom is -0.365 e. The van der Waals surface area contributed by atoms with Gasteiger partial charge in [-0.15, -0.1) is 0 Å². The maximum atomic E-state index is 13.9. The largest absolute Gasteiger partial charge is 0.365 e. The van der Waals surface area contributed by atoms with E-state index in [2.05, 4.69) is 90.1 Å². The summed E-state index contributed by atoms with van der Waals surface area (Å²) in [6, 6.07) is 25.1. The highest BCUT2D eigenvalue weighted by Gasteiger charge is 2.29. The van der Waals surface area contributed by atoms with E-state index in [1.54, 1.807) is 0 Å². The Balaban J connectivity index is 1.48. The van der Waals surface area contributed by atoms with Crippen LogP contribution in [0, 0.1) is 13.8 Å². The van der Waals surface area contributed by atoms with Crippen molar-refractivity contribution in [2.45, 2.75) is 26.8 Å². The minimum absolute atomic E-state index is 0.0641. The fourth-order valence-corrected chi connectivity index (χ4v) is 5.04. The third-order valence-electron chi connectivity index (χ3n) is 6.63. The SMILES string of the molecule is Cc1ccc(-c2cc(C(=O)N3CCN(c4ccc(C)cc4)C(C)C3)c3cc(Br)ccc3n2)cc1. The molecule has 34 heavy (non-hydrogen) atoms. The van der Waals surface area contributed by atoms with Gasteiger partial charge in [0, 0.05) is 46.8 Å². The average molecular weight is 514 g/mol. The van der Waals surface area contributed by atoms with Crippen molar-refractivity contribution >= 4 is 38.4 Å². The van der Waals surface area contributed by atoms with Gasteiger partial charge in [0.15, 0.2) is 0 Å². The van der Waals surface area contributed by atoms with Crippen molar-refractivity contribution in [1.29, 1.82) is 0 Å². The fourth-order valence-electron chi connectivity index (χ4n) is 4.68. The summed E-state index contributed by atoms with van der Waals surface area (Å²) in [7, 11) is 0. The maximum Gasteiger partial charge on any atom is 0.254 e. The number of nitrogens with zero attached hydrogens (tertiary/aromatic N) is 3. The number of carbonyl (C=O) groups is 1.